The Morgan fingerprint density at radius 1 is 1.12 bits per heavy atom. The standard InChI is InChI=1S/C18H17N3O4/c1-11-6-8-12(9-7-11)14(10-21(24)25)16-17(19-20-18(16)23)13-4-2-3-5-15(13)22/h2-9,14,22H,10H2,1H3,(H2,19,20,23)/t14-/m0/s1. The molecular formula is C18H17N3O4. The Bertz CT molecular complexity index is 957. The summed E-state index contributed by atoms with van der Waals surface area (Å²) in [4.78, 5) is 23.2. The molecule has 0 radical (unpaired) electrons. The van der Waals surface area contributed by atoms with Crippen molar-refractivity contribution in [2.45, 2.75) is 12.8 Å². The molecule has 0 aliphatic rings. The van der Waals surface area contributed by atoms with Crippen LogP contribution in [0.5, 0.6) is 5.75 Å². The predicted molar refractivity (Wildman–Crippen MR) is 93.4 cm³/mol. The Hall–Kier alpha value is -3.35. The van der Waals surface area contributed by atoms with Gasteiger partial charge in [0.15, 0.2) is 0 Å². The highest BCUT2D eigenvalue weighted by Gasteiger charge is 2.28. The highest BCUT2D eigenvalue weighted by Crippen LogP contribution is 2.34. The quantitative estimate of drug-likeness (QED) is 0.490. The first-order valence-corrected chi connectivity index (χ1v) is 7.74. The highest BCUT2D eigenvalue weighted by atomic mass is 16.6. The number of aryl methyl sites for hydroxylation is 1. The number of nitrogens with one attached hydrogen (secondary N) is 2. The zero-order chi connectivity index (χ0) is 18.0. The van der Waals surface area contributed by atoms with E-state index in [1.807, 2.05) is 19.1 Å². The van der Waals surface area contributed by atoms with Gasteiger partial charge in [-0.1, -0.05) is 42.0 Å². The van der Waals surface area contributed by atoms with Crippen LogP contribution in [0.1, 0.15) is 22.6 Å². The zero-order valence-corrected chi connectivity index (χ0v) is 13.5. The zero-order valence-electron chi connectivity index (χ0n) is 13.5. The number of hydrogen-bond acceptors (Lipinski definition) is 4. The first kappa shape index (κ1) is 16.5. The Kier molecular flexibility index (Phi) is 4.38. The van der Waals surface area contributed by atoms with E-state index in [-0.39, 0.29) is 11.3 Å². The van der Waals surface area contributed by atoms with E-state index in [4.69, 9.17) is 0 Å². The van der Waals surface area contributed by atoms with Crippen molar-refractivity contribution < 1.29 is 10.0 Å². The van der Waals surface area contributed by atoms with Crippen LogP contribution in [0, 0.1) is 17.0 Å². The van der Waals surface area contributed by atoms with E-state index in [1.165, 1.54) is 6.07 Å². The number of nitro groups is 1. The lowest BCUT2D eigenvalue weighted by Gasteiger charge is -2.14. The summed E-state index contributed by atoms with van der Waals surface area (Å²) < 4.78 is 0. The summed E-state index contributed by atoms with van der Waals surface area (Å²) in [7, 11) is 0. The van der Waals surface area contributed by atoms with E-state index in [1.54, 1.807) is 30.3 Å². The number of benzene rings is 2. The molecule has 3 N–H and O–H groups in total. The molecule has 0 aliphatic heterocycles. The average Bonchev–Trinajstić information content (AvgIpc) is 2.95. The normalized spacial score (nSPS) is 12.0. The topological polar surface area (TPSA) is 112 Å². The number of aromatic amines is 2. The molecule has 7 heteroatoms. The molecule has 0 spiro atoms. The molecule has 1 heterocycles. The average molecular weight is 339 g/mol. The van der Waals surface area contributed by atoms with Crippen LogP contribution in [0.15, 0.2) is 53.3 Å². The lowest BCUT2D eigenvalue weighted by atomic mass is 9.89. The summed E-state index contributed by atoms with van der Waals surface area (Å²) in [5.41, 5.74) is 2.26. The second-order valence-corrected chi connectivity index (χ2v) is 5.86. The molecular weight excluding hydrogens is 322 g/mol. The minimum absolute atomic E-state index is 0.0113. The Balaban J connectivity index is 2.18. The van der Waals surface area contributed by atoms with Crippen LogP contribution >= 0.6 is 0 Å². The molecule has 0 amide bonds. The van der Waals surface area contributed by atoms with Gasteiger partial charge in [0.2, 0.25) is 6.54 Å². The van der Waals surface area contributed by atoms with Crippen LogP contribution in [0.25, 0.3) is 11.3 Å². The van der Waals surface area contributed by atoms with Gasteiger partial charge < -0.3 is 5.11 Å². The summed E-state index contributed by atoms with van der Waals surface area (Å²) >= 11 is 0. The van der Waals surface area contributed by atoms with Crippen molar-refractivity contribution in [1.82, 2.24) is 10.2 Å². The first-order valence-electron chi connectivity index (χ1n) is 7.74. The summed E-state index contributed by atoms with van der Waals surface area (Å²) in [5, 5.41) is 26.5. The number of aromatic nitrogens is 2. The molecule has 0 unspecified atom stereocenters. The fraction of sp³-hybridized carbons (Fsp3) is 0.167. The smallest absolute Gasteiger partial charge is 0.268 e. The van der Waals surface area contributed by atoms with E-state index in [2.05, 4.69) is 10.2 Å². The molecule has 0 aliphatic carbocycles. The van der Waals surface area contributed by atoms with Gasteiger partial charge in [-0.25, -0.2) is 0 Å². The van der Waals surface area contributed by atoms with E-state index in [9.17, 15) is 20.0 Å². The van der Waals surface area contributed by atoms with E-state index < -0.39 is 22.9 Å². The van der Waals surface area contributed by atoms with Gasteiger partial charge in [-0.3, -0.25) is 25.1 Å². The molecule has 0 fully saturated rings. The van der Waals surface area contributed by atoms with E-state index in [0.29, 0.717) is 16.8 Å². The summed E-state index contributed by atoms with van der Waals surface area (Å²) in [6.45, 7) is 1.49. The minimum Gasteiger partial charge on any atom is -0.507 e. The lowest BCUT2D eigenvalue weighted by Crippen LogP contribution is -2.20. The van der Waals surface area contributed by atoms with Crippen molar-refractivity contribution in [3.8, 4) is 17.0 Å². The molecule has 128 valence electrons. The van der Waals surface area contributed by atoms with Gasteiger partial charge in [0.1, 0.15) is 5.75 Å². The van der Waals surface area contributed by atoms with Gasteiger partial charge >= 0.3 is 0 Å². The first-order chi connectivity index (χ1) is 12.0. The molecule has 2 aromatic carbocycles. The number of para-hydroxylation sites is 1. The molecule has 1 aromatic heterocycles. The van der Waals surface area contributed by atoms with Crippen LogP contribution in [-0.4, -0.2) is 26.8 Å². The van der Waals surface area contributed by atoms with Gasteiger partial charge in [0, 0.05) is 10.5 Å². The molecule has 3 rings (SSSR count). The Morgan fingerprint density at radius 2 is 1.80 bits per heavy atom. The maximum absolute atomic E-state index is 12.4. The van der Waals surface area contributed by atoms with Crippen molar-refractivity contribution in [1.29, 1.82) is 0 Å². The van der Waals surface area contributed by atoms with Crippen molar-refractivity contribution in [2.75, 3.05) is 6.54 Å². The monoisotopic (exact) mass is 339 g/mol. The number of phenolic OH excluding ortho intramolecular Hbond substituents is 1. The number of aromatic hydroxyl groups is 1. The third kappa shape index (κ3) is 3.30. The second-order valence-electron chi connectivity index (χ2n) is 5.86. The van der Waals surface area contributed by atoms with Crippen molar-refractivity contribution in [3.05, 3.63) is 85.7 Å². The van der Waals surface area contributed by atoms with Crippen LogP contribution < -0.4 is 5.56 Å². The lowest BCUT2D eigenvalue weighted by molar-refractivity contribution is -0.481. The number of nitrogens with zero attached hydrogens (tertiary/aromatic N) is 1. The molecule has 0 saturated carbocycles. The highest BCUT2D eigenvalue weighted by molar-refractivity contribution is 5.70. The van der Waals surface area contributed by atoms with Crippen LogP contribution in [0.4, 0.5) is 0 Å². The molecule has 0 saturated heterocycles. The third-order valence-corrected chi connectivity index (χ3v) is 4.15. The van der Waals surface area contributed by atoms with Gasteiger partial charge in [0.25, 0.3) is 5.56 Å². The maximum Gasteiger partial charge on any atom is 0.268 e. The van der Waals surface area contributed by atoms with E-state index in [0.717, 1.165) is 5.56 Å². The number of phenols is 1. The molecule has 7 nitrogen and oxygen atoms in total. The number of rotatable bonds is 5. The summed E-state index contributed by atoms with van der Waals surface area (Å²) in [6.07, 6.45) is 0. The van der Waals surface area contributed by atoms with Crippen molar-refractivity contribution >= 4 is 0 Å². The number of H-pyrrole nitrogens is 2. The summed E-state index contributed by atoms with van der Waals surface area (Å²) in [5.74, 6) is -0.747. The Labute approximate surface area is 143 Å². The molecule has 1 atom stereocenters. The third-order valence-electron chi connectivity index (χ3n) is 4.15. The predicted octanol–water partition coefficient (Wildman–Crippen LogP) is 2.79. The fourth-order valence-electron chi connectivity index (χ4n) is 2.91. The van der Waals surface area contributed by atoms with Crippen molar-refractivity contribution in [3.63, 3.8) is 0 Å². The van der Waals surface area contributed by atoms with Gasteiger partial charge in [-0.05, 0) is 24.6 Å². The largest absolute Gasteiger partial charge is 0.507 e. The van der Waals surface area contributed by atoms with Gasteiger partial charge in [0.05, 0.1) is 17.2 Å². The van der Waals surface area contributed by atoms with Crippen molar-refractivity contribution in [2.24, 2.45) is 0 Å². The molecule has 25 heavy (non-hydrogen) atoms. The maximum atomic E-state index is 12.4. The van der Waals surface area contributed by atoms with Gasteiger partial charge in [-0.15, -0.1) is 0 Å². The molecule has 0 bridgehead atoms. The number of hydrogen-bond donors (Lipinski definition) is 3. The second kappa shape index (κ2) is 6.64. The SMILES string of the molecule is Cc1ccc([C@H](C[N+](=O)[O-])c2c(-c3ccccc3O)[nH][nH]c2=O)cc1. The Morgan fingerprint density at radius 3 is 2.44 bits per heavy atom. The van der Waals surface area contributed by atoms with Gasteiger partial charge in [-0.2, -0.15) is 0 Å². The summed E-state index contributed by atoms with van der Waals surface area (Å²) in [6, 6.07) is 13.8. The van der Waals surface area contributed by atoms with Crippen LogP contribution in [-0.2, 0) is 0 Å². The van der Waals surface area contributed by atoms with E-state index >= 15 is 0 Å². The van der Waals surface area contributed by atoms with Crippen LogP contribution in [0.2, 0.25) is 0 Å². The minimum atomic E-state index is -0.736. The van der Waals surface area contributed by atoms with Crippen LogP contribution in [0.3, 0.4) is 0 Å². The fourth-order valence-corrected chi connectivity index (χ4v) is 2.91. The molecule has 3 aromatic rings.